The molecule has 0 saturated heterocycles. The Labute approximate surface area is 195 Å². The van der Waals surface area contributed by atoms with Crippen LogP contribution in [0.25, 0.3) is 17.5 Å². The molecule has 4 rings (SSSR count). The maximum atomic E-state index is 13.4. The number of hydrogen-bond donors (Lipinski definition) is 1. The molecular formula is C26H23N3O3S. The lowest BCUT2D eigenvalue weighted by Crippen LogP contribution is -2.40. The third-order valence-corrected chi connectivity index (χ3v) is 6.85. The van der Waals surface area contributed by atoms with Gasteiger partial charge in [-0.1, -0.05) is 48.5 Å². The number of esters is 1. The summed E-state index contributed by atoms with van der Waals surface area (Å²) in [5.74, 6) is -1.25. The topological polar surface area (TPSA) is 98.1 Å². The van der Waals surface area contributed by atoms with E-state index in [4.69, 9.17) is 10.5 Å². The number of carbonyl (C=O) groups excluding carboxylic acids is 1. The molecule has 6 nitrogen and oxygen atoms in total. The molecular weight excluding hydrogens is 434 g/mol. The Kier molecular flexibility index (Phi) is 6.03. The van der Waals surface area contributed by atoms with Crippen molar-refractivity contribution in [2.45, 2.75) is 26.7 Å². The molecule has 2 heterocycles. The number of thiazole rings is 1. The number of carbonyl (C=O) groups is 1. The summed E-state index contributed by atoms with van der Waals surface area (Å²) in [6.07, 6.45) is 1.79. The zero-order valence-corrected chi connectivity index (χ0v) is 19.4. The fourth-order valence-corrected chi connectivity index (χ4v) is 5.22. The number of nitrogens with two attached hydrogens (primary N) is 1. The number of fused-ring (bicyclic) bond motifs is 1. The van der Waals surface area contributed by atoms with E-state index in [1.54, 1.807) is 13.0 Å². The molecule has 0 radical (unpaired) electrons. The molecule has 33 heavy (non-hydrogen) atoms. The van der Waals surface area contributed by atoms with Gasteiger partial charge in [0.25, 0.3) is 5.56 Å². The number of allylic oxidation sites excluding steroid dienone is 1. The van der Waals surface area contributed by atoms with Crippen molar-refractivity contribution in [2.75, 3.05) is 6.61 Å². The van der Waals surface area contributed by atoms with Crippen LogP contribution >= 0.6 is 11.3 Å². The van der Waals surface area contributed by atoms with Crippen molar-refractivity contribution < 1.29 is 9.53 Å². The quantitative estimate of drug-likeness (QED) is 0.607. The lowest BCUT2D eigenvalue weighted by molar-refractivity contribution is -0.136. The van der Waals surface area contributed by atoms with E-state index in [0.717, 1.165) is 22.3 Å². The number of nitrogens with zero attached hydrogens (tertiary/aromatic N) is 2. The maximum Gasteiger partial charge on any atom is 0.338 e. The van der Waals surface area contributed by atoms with Crippen LogP contribution in [0.3, 0.4) is 0 Å². The summed E-state index contributed by atoms with van der Waals surface area (Å²) in [4.78, 5) is 26.6. The third kappa shape index (κ3) is 3.79. The lowest BCUT2D eigenvalue weighted by atomic mass is 9.82. The second-order valence-electron chi connectivity index (χ2n) is 7.75. The number of hydrogen-bond acceptors (Lipinski definition) is 6. The van der Waals surface area contributed by atoms with E-state index in [-0.39, 0.29) is 29.1 Å². The van der Waals surface area contributed by atoms with Crippen LogP contribution in [0.15, 0.2) is 58.9 Å². The Morgan fingerprint density at radius 3 is 2.48 bits per heavy atom. The highest BCUT2D eigenvalue weighted by atomic mass is 32.1. The first kappa shape index (κ1) is 22.3. The summed E-state index contributed by atoms with van der Waals surface area (Å²) in [7, 11) is 0. The van der Waals surface area contributed by atoms with Crippen LogP contribution < -0.4 is 20.5 Å². The highest BCUT2D eigenvalue weighted by Gasteiger charge is 2.36. The summed E-state index contributed by atoms with van der Waals surface area (Å²) < 4.78 is 7.46. The van der Waals surface area contributed by atoms with Gasteiger partial charge in [0.15, 0.2) is 0 Å². The fraction of sp³-hybridized carbons (Fsp3) is 0.192. The van der Waals surface area contributed by atoms with Gasteiger partial charge in [0.1, 0.15) is 10.5 Å². The average molecular weight is 458 g/mol. The third-order valence-electron chi connectivity index (χ3n) is 5.74. The van der Waals surface area contributed by atoms with Crippen molar-refractivity contribution in [3.8, 4) is 6.07 Å². The Morgan fingerprint density at radius 2 is 1.85 bits per heavy atom. The maximum absolute atomic E-state index is 13.4. The minimum Gasteiger partial charge on any atom is -0.463 e. The second kappa shape index (κ2) is 8.93. The molecule has 0 fully saturated rings. The van der Waals surface area contributed by atoms with Crippen LogP contribution in [-0.4, -0.2) is 17.1 Å². The highest BCUT2D eigenvalue weighted by molar-refractivity contribution is 7.07. The van der Waals surface area contributed by atoms with Gasteiger partial charge in [0.2, 0.25) is 0 Å². The summed E-state index contributed by atoms with van der Waals surface area (Å²) >= 11 is 1.18. The van der Waals surface area contributed by atoms with E-state index in [2.05, 4.69) is 6.07 Å². The van der Waals surface area contributed by atoms with Crippen molar-refractivity contribution in [1.82, 2.24) is 4.57 Å². The fourth-order valence-electron chi connectivity index (χ4n) is 4.06. The lowest BCUT2D eigenvalue weighted by Gasteiger charge is -2.25. The van der Waals surface area contributed by atoms with Gasteiger partial charge in [-0.25, -0.2) is 4.79 Å². The van der Waals surface area contributed by atoms with Crippen molar-refractivity contribution in [3.63, 3.8) is 0 Å². The van der Waals surface area contributed by atoms with Crippen LogP contribution in [0, 0.1) is 25.2 Å². The molecule has 0 amide bonds. The molecule has 0 aliphatic carbocycles. The van der Waals surface area contributed by atoms with Gasteiger partial charge in [0, 0.05) is 0 Å². The van der Waals surface area contributed by atoms with E-state index >= 15 is 0 Å². The molecule has 1 aliphatic rings. The highest BCUT2D eigenvalue weighted by Crippen LogP contribution is 2.37. The second-order valence-corrected chi connectivity index (χ2v) is 8.78. The number of ether oxygens (including phenoxy) is 1. The molecule has 166 valence electrons. The Balaban J connectivity index is 2.14. The van der Waals surface area contributed by atoms with E-state index in [9.17, 15) is 14.9 Å². The van der Waals surface area contributed by atoms with Crippen LogP contribution in [0.4, 0.5) is 0 Å². The summed E-state index contributed by atoms with van der Waals surface area (Å²) in [5.41, 5.74) is 10.0. The number of benzene rings is 2. The zero-order chi connectivity index (χ0) is 23.7. The summed E-state index contributed by atoms with van der Waals surface area (Å²) in [6.45, 7) is 5.76. The van der Waals surface area contributed by atoms with E-state index in [0.29, 0.717) is 9.20 Å². The van der Waals surface area contributed by atoms with E-state index < -0.39 is 11.9 Å². The molecule has 1 atom stereocenters. The van der Waals surface area contributed by atoms with Gasteiger partial charge in [0.05, 0.1) is 34.3 Å². The van der Waals surface area contributed by atoms with Crippen LogP contribution in [0.2, 0.25) is 0 Å². The normalized spacial score (nSPS) is 15.9. The SMILES string of the molecule is CCOC(=O)C1=c2s/c(=C\c3ccccc3C)c(=O)n2C(N)=C(C#N)C1c1ccccc1C. The number of rotatable bonds is 4. The van der Waals surface area contributed by atoms with Crippen molar-refractivity contribution in [2.24, 2.45) is 5.73 Å². The standard InChI is InChI=1S/C26H23N3O3S/c1-4-32-26(31)22-21(18-12-8-6-10-16(18)3)19(14-27)23(28)29-24(30)20(33-25(22)29)13-17-11-7-5-9-15(17)2/h5-13,21H,4,28H2,1-3H3/b20-13-. The molecule has 1 aliphatic heterocycles. The van der Waals surface area contributed by atoms with E-state index in [1.165, 1.54) is 15.9 Å². The molecule has 2 aromatic carbocycles. The Morgan fingerprint density at radius 1 is 1.18 bits per heavy atom. The molecule has 3 aromatic rings. The van der Waals surface area contributed by atoms with Crippen molar-refractivity contribution in [1.29, 1.82) is 5.26 Å². The summed E-state index contributed by atoms with van der Waals surface area (Å²) in [6, 6.07) is 17.4. The van der Waals surface area contributed by atoms with Crippen LogP contribution in [-0.2, 0) is 9.53 Å². The molecule has 2 N–H and O–H groups in total. The molecule has 7 heteroatoms. The minimum atomic E-state index is -0.723. The van der Waals surface area contributed by atoms with Gasteiger partial charge >= 0.3 is 5.97 Å². The van der Waals surface area contributed by atoms with Gasteiger partial charge in [-0.15, -0.1) is 11.3 Å². The first-order valence-corrected chi connectivity index (χ1v) is 11.4. The van der Waals surface area contributed by atoms with Crippen molar-refractivity contribution in [3.05, 3.63) is 95.9 Å². The number of nitriles is 1. The van der Waals surface area contributed by atoms with Crippen LogP contribution in [0.5, 0.6) is 0 Å². The molecule has 0 spiro atoms. The Hall–Kier alpha value is -3.89. The predicted octanol–water partition coefficient (Wildman–Crippen LogP) is 2.52. The molecule has 0 bridgehead atoms. The molecule has 0 saturated carbocycles. The van der Waals surface area contributed by atoms with Gasteiger partial charge < -0.3 is 10.5 Å². The molecule has 1 aromatic heterocycles. The number of aryl methyl sites for hydroxylation is 2. The average Bonchev–Trinajstić information content (AvgIpc) is 3.11. The Bertz CT molecular complexity index is 1520. The predicted molar refractivity (Wildman–Crippen MR) is 130 cm³/mol. The smallest absolute Gasteiger partial charge is 0.338 e. The zero-order valence-electron chi connectivity index (χ0n) is 18.6. The monoisotopic (exact) mass is 457 g/mol. The first-order valence-electron chi connectivity index (χ1n) is 10.5. The van der Waals surface area contributed by atoms with Crippen molar-refractivity contribution >= 4 is 34.8 Å². The first-order chi connectivity index (χ1) is 15.9. The van der Waals surface area contributed by atoms with Gasteiger partial charge in [-0.05, 0) is 49.1 Å². The van der Waals surface area contributed by atoms with Gasteiger partial charge in [-0.3, -0.25) is 9.36 Å². The minimum absolute atomic E-state index is 0.0412. The largest absolute Gasteiger partial charge is 0.463 e. The number of aromatic nitrogens is 1. The summed E-state index contributed by atoms with van der Waals surface area (Å²) in [5, 5.41) is 10.0. The molecule has 1 unspecified atom stereocenters. The van der Waals surface area contributed by atoms with Gasteiger partial charge in [-0.2, -0.15) is 5.26 Å². The van der Waals surface area contributed by atoms with E-state index in [1.807, 2.05) is 62.4 Å². The van der Waals surface area contributed by atoms with Crippen LogP contribution in [0.1, 0.15) is 35.1 Å².